The maximum absolute atomic E-state index is 14.1. The van der Waals surface area contributed by atoms with Crippen molar-refractivity contribution in [2.24, 2.45) is 5.41 Å². The number of benzene rings is 1. The van der Waals surface area contributed by atoms with E-state index in [0.717, 1.165) is 11.1 Å². The van der Waals surface area contributed by atoms with E-state index in [1.54, 1.807) is 40.9 Å². The Morgan fingerprint density at radius 2 is 1.92 bits per heavy atom. The van der Waals surface area contributed by atoms with Crippen molar-refractivity contribution in [3.8, 4) is 0 Å². The molecule has 15 nitrogen and oxygen atoms in total. The van der Waals surface area contributed by atoms with E-state index in [-0.39, 0.29) is 58.1 Å². The normalized spacial score (nSPS) is 28.0. The first-order valence-electron chi connectivity index (χ1n) is 16.5. The zero-order chi connectivity index (χ0) is 35.5. The predicted octanol–water partition coefficient (Wildman–Crippen LogP) is 0.435. The number of ether oxygens (including phenoxy) is 4. The highest BCUT2D eigenvalue weighted by molar-refractivity contribution is 5.94. The molecule has 1 aromatic rings. The second kappa shape index (κ2) is 14.9. The van der Waals surface area contributed by atoms with Crippen molar-refractivity contribution in [2.45, 2.75) is 95.1 Å². The Morgan fingerprint density at radius 1 is 1.16 bits per heavy atom. The summed E-state index contributed by atoms with van der Waals surface area (Å²) in [5.41, 5.74) is -0.494. The van der Waals surface area contributed by atoms with Crippen molar-refractivity contribution in [2.75, 3.05) is 34.0 Å². The van der Waals surface area contributed by atoms with Crippen LogP contribution in [0.25, 0.3) is 6.08 Å². The Morgan fingerprint density at radius 3 is 2.63 bits per heavy atom. The fraction of sp³-hybridized carbons (Fsp3) is 0.618. The summed E-state index contributed by atoms with van der Waals surface area (Å²) in [6.45, 7) is 4.93. The molecule has 3 heterocycles. The summed E-state index contributed by atoms with van der Waals surface area (Å²) in [6.07, 6.45) is 0.534. The van der Waals surface area contributed by atoms with E-state index in [0.29, 0.717) is 0 Å². The first-order chi connectivity index (χ1) is 23.2. The number of carbonyl (C=O) groups is 5. The van der Waals surface area contributed by atoms with Gasteiger partial charge < -0.3 is 39.6 Å². The topological polar surface area (TPSA) is 182 Å². The quantitative estimate of drug-likeness (QED) is 0.193. The molecule has 0 unspecified atom stereocenters. The number of carbonyl (C=O) groups excluding carboxylic acids is 5. The van der Waals surface area contributed by atoms with Gasteiger partial charge in [0, 0.05) is 46.0 Å². The van der Waals surface area contributed by atoms with Crippen LogP contribution in [0.3, 0.4) is 0 Å². The predicted molar refractivity (Wildman–Crippen MR) is 172 cm³/mol. The van der Waals surface area contributed by atoms with Crippen LogP contribution in [0.5, 0.6) is 0 Å². The van der Waals surface area contributed by atoms with Crippen LogP contribution in [-0.4, -0.2) is 121 Å². The first kappa shape index (κ1) is 36.4. The van der Waals surface area contributed by atoms with Crippen molar-refractivity contribution in [1.82, 2.24) is 20.6 Å². The molecule has 15 heteroatoms. The smallest absolute Gasteiger partial charge is 0.327 e. The van der Waals surface area contributed by atoms with E-state index in [1.807, 2.05) is 24.3 Å². The Balaban J connectivity index is 1.26. The lowest BCUT2D eigenvalue weighted by molar-refractivity contribution is -0.201. The molecule has 4 fully saturated rings. The molecule has 49 heavy (non-hydrogen) atoms. The van der Waals surface area contributed by atoms with Crippen molar-refractivity contribution in [3.05, 3.63) is 41.5 Å². The number of likely N-dealkylation sites (N-methyl/N-ethyl adjacent to an activating group) is 1. The average molecular weight is 687 g/mol. The van der Waals surface area contributed by atoms with Crippen LogP contribution in [0.2, 0.25) is 0 Å². The third-order valence-electron chi connectivity index (χ3n) is 8.98. The van der Waals surface area contributed by atoms with Gasteiger partial charge in [-0.2, -0.15) is 5.06 Å². The highest BCUT2D eigenvalue weighted by Gasteiger charge is 2.74. The summed E-state index contributed by atoms with van der Waals surface area (Å²) in [7, 11) is 3.32. The molecule has 0 radical (unpaired) electrons. The number of aliphatic hydroxyl groups excluding tert-OH is 1. The molecule has 5 rings (SSSR count). The van der Waals surface area contributed by atoms with Gasteiger partial charge in [0.2, 0.25) is 17.7 Å². The summed E-state index contributed by atoms with van der Waals surface area (Å²) >= 11 is 0. The molecule has 3 aliphatic heterocycles. The highest BCUT2D eigenvalue weighted by Crippen LogP contribution is 2.55. The van der Waals surface area contributed by atoms with E-state index in [1.165, 1.54) is 16.0 Å². The molecule has 2 bridgehead atoms. The van der Waals surface area contributed by atoms with Gasteiger partial charge in [-0.1, -0.05) is 24.3 Å². The average Bonchev–Trinajstić information content (AvgIpc) is 3.66. The minimum absolute atomic E-state index is 0.0175. The van der Waals surface area contributed by atoms with Crippen molar-refractivity contribution in [1.29, 1.82) is 0 Å². The number of esters is 2. The second-order valence-electron chi connectivity index (χ2n) is 14.0. The lowest BCUT2D eigenvalue weighted by Crippen LogP contribution is -2.69. The van der Waals surface area contributed by atoms with Gasteiger partial charge in [-0.3, -0.25) is 28.8 Å². The van der Waals surface area contributed by atoms with Crippen molar-refractivity contribution in [3.63, 3.8) is 0 Å². The van der Waals surface area contributed by atoms with Crippen molar-refractivity contribution < 1.29 is 52.9 Å². The van der Waals surface area contributed by atoms with E-state index in [2.05, 4.69) is 10.6 Å². The van der Waals surface area contributed by atoms with Gasteiger partial charge in [0.1, 0.15) is 42.2 Å². The van der Waals surface area contributed by atoms with E-state index >= 15 is 0 Å². The molecule has 3 amide bonds. The number of amides is 3. The van der Waals surface area contributed by atoms with Gasteiger partial charge in [-0.15, -0.1) is 0 Å². The highest BCUT2D eigenvalue weighted by atomic mass is 16.8. The van der Waals surface area contributed by atoms with Crippen LogP contribution in [0.1, 0.15) is 57.6 Å². The molecule has 3 saturated heterocycles. The number of hydrogen-bond donors (Lipinski definition) is 3. The van der Waals surface area contributed by atoms with Crippen LogP contribution in [-0.2, 0) is 54.3 Å². The largest absolute Gasteiger partial charge is 0.460 e. The molecule has 4 aliphatic rings. The number of nitrogens with zero attached hydrogens (tertiary/aromatic N) is 2. The standard InChI is InChI=1S/C34H46N4O11/c1-33(2,3)48-26(42)12-10-22(18-39)36-24(40)13-14-35-32(44)34-16-23-27-28(46-19-45-27)30(34)49-38(29(34)31(43)47-23)17-21-8-6-7-20(15-21)9-11-25(41)37(4)5/h6-9,11,15,22-23,27-30,39H,10,12-14,16-19H2,1-5H3,(H,35,44)(H,36,40)/t22-,23+,27-,28-,29-,30+,34-/m0/s1. The fourth-order valence-electron chi connectivity index (χ4n) is 6.77. The van der Waals surface area contributed by atoms with Gasteiger partial charge in [0.15, 0.2) is 6.04 Å². The third kappa shape index (κ3) is 8.13. The minimum Gasteiger partial charge on any atom is -0.460 e. The van der Waals surface area contributed by atoms with Gasteiger partial charge >= 0.3 is 11.9 Å². The number of aliphatic hydroxyl groups is 1. The molecule has 7 atom stereocenters. The van der Waals surface area contributed by atoms with Crippen molar-refractivity contribution >= 4 is 35.7 Å². The number of hydroxylamine groups is 2. The zero-order valence-electron chi connectivity index (χ0n) is 28.5. The Bertz CT molecular complexity index is 1460. The number of fused-ring (bicyclic) bond motifs is 4. The lowest BCUT2D eigenvalue weighted by Gasteiger charge is -2.48. The number of nitrogens with one attached hydrogen (secondary N) is 2. The van der Waals surface area contributed by atoms with Crippen LogP contribution in [0.15, 0.2) is 30.3 Å². The van der Waals surface area contributed by atoms with E-state index in [9.17, 15) is 29.1 Å². The Hall–Kier alpha value is -3.89. The van der Waals surface area contributed by atoms with Crippen LogP contribution in [0, 0.1) is 5.41 Å². The maximum atomic E-state index is 14.1. The molecule has 0 aromatic heterocycles. The Labute approximate surface area is 285 Å². The van der Waals surface area contributed by atoms with Crippen LogP contribution >= 0.6 is 0 Å². The van der Waals surface area contributed by atoms with E-state index in [4.69, 9.17) is 23.8 Å². The molecular formula is C34H46N4O11. The molecular weight excluding hydrogens is 640 g/mol. The molecule has 1 aliphatic carbocycles. The van der Waals surface area contributed by atoms with Gasteiger partial charge in [0.05, 0.1) is 19.2 Å². The third-order valence-corrected chi connectivity index (χ3v) is 8.98. The summed E-state index contributed by atoms with van der Waals surface area (Å²) in [5, 5.41) is 16.7. The SMILES string of the molecule is CN(C)C(=O)C=Cc1cccc(CN2O[C@@H]3[C@H]4OCO[C@H]4[C@H]4C[C@]3(C(=O)NCCC(=O)N[C@H](CO)CCC(=O)OC(C)(C)C)[C@@H]2C(=O)O4)c1. The van der Waals surface area contributed by atoms with E-state index < -0.39 is 71.3 Å². The number of hydrogen-bond acceptors (Lipinski definition) is 12. The molecule has 1 aromatic carbocycles. The summed E-state index contributed by atoms with van der Waals surface area (Å²) in [6, 6.07) is 5.61. The summed E-state index contributed by atoms with van der Waals surface area (Å²) in [4.78, 5) is 72.4. The number of rotatable bonds is 13. The monoisotopic (exact) mass is 686 g/mol. The van der Waals surface area contributed by atoms with Crippen LogP contribution in [0.4, 0.5) is 0 Å². The molecule has 3 N–H and O–H groups in total. The Kier molecular flexibility index (Phi) is 11.1. The maximum Gasteiger partial charge on any atom is 0.327 e. The van der Waals surface area contributed by atoms with Gasteiger partial charge in [0.25, 0.3) is 0 Å². The second-order valence-corrected chi connectivity index (χ2v) is 14.0. The lowest BCUT2D eigenvalue weighted by atomic mass is 9.62. The molecule has 268 valence electrons. The molecule has 0 spiro atoms. The zero-order valence-corrected chi connectivity index (χ0v) is 28.5. The van der Waals surface area contributed by atoms with Gasteiger partial charge in [-0.05, 0) is 44.4 Å². The first-order valence-corrected chi connectivity index (χ1v) is 16.5. The van der Waals surface area contributed by atoms with Crippen LogP contribution < -0.4 is 10.6 Å². The van der Waals surface area contributed by atoms with Gasteiger partial charge in [-0.25, -0.2) is 0 Å². The minimum atomic E-state index is -1.39. The molecule has 1 saturated carbocycles. The summed E-state index contributed by atoms with van der Waals surface area (Å²) < 4.78 is 22.7. The fourth-order valence-corrected chi connectivity index (χ4v) is 6.77. The summed E-state index contributed by atoms with van der Waals surface area (Å²) in [5.74, 6) is -2.13.